The number of nitrogens with zero attached hydrogens (tertiary/aromatic N) is 3. The van der Waals surface area contributed by atoms with Crippen molar-refractivity contribution in [2.75, 3.05) is 5.32 Å². The topological polar surface area (TPSA) is 118 Å². The van der Waals surface area contributed by atoms with E-state index in [2.05, 4.69) is 0 Å². The summed E-state index contributed by atoms with van der Waals surface area (Å²) in [5.74, 6) is -5.94. The second kappa shape index (κ2) is 6.83. The number of carbonyl (C=O) groups is 1. The molecule has 2 aromatic rings. The molecule has 8 nitrogen and oxygen atoms in total. The summed E-state index contributed by atoms with van der Waals surface area (Å²) in [4.78, 5) is 33.6. The number of nitriles is 1. The highest BCUT2D eigenvalue weighted by molar-refractivity contribution is 5.90. The first-order valence-electron chi connectivity index (χ1n) is 6.47. The Labute approximate surface area is 136 Å². The summed E-state index contributed by atoms with van der Waals surface area (Å²) in [6.45, 7) is -0.812. The lowest BCUT2D eigenvalue weighted by Gasteiger charge is -2.09. The fraction of sp³-hybridized carbons (Fsp3) is 0.0714. The molecule has 0 spiro atoms. The van der Waals surface area contributed by atoms with Crippen LogP contribution in [0.1, 0.15) is 5.56 Å². The van der Waals surface area contributed by atoms with E-state index in [-0.39, 0.29) is 0 Å². The number of nitrogens with one attached hydrogen (secondary N) is 1. The number of anilines is 1. The van der Waals surface area contributed by atoms with E-state index >= 15 is 0 Å². The van der Waals surface area contributed by atoms with Gasteiger partial charge in [0.15, 0.2) is 17.5 Å². The Balaban J connectivity index is 2.31. The van der Waals surface area contributed by atoms with E-state index < -0.39 is 57.3 Å². The van der Waals surface area contributed by atoms with Crippen LogP contribution in [-0.2, 0) is 11.3 Å². The first kappa shape index (κ1) is 17.7. The average Bonchev–Trinajstić information content (AvgIpc) is 2.57. The molecule has 0 fully saturated rings. The van der Waals surface area contributed by atoms with Crippen LogP contribution in [0.5, 0.6) is 0 Å². The van der Waals surface area contributed by atoms with Crippen LogP contribution in [0, 0.1) is 38.9 Å². The van der Waals surface area contributed by atoms with E-state index in [1.165, 1.54) is 6.07 Å². The van der Waals surface area contributed by atoms with Crippen molar-refractivity contribution in [1.82, 2.24) is 4.57 Å². The highest BCUT2D eigenvalue weighted by Crippen LogP contribution is 2.19. The number of carbonyl (C=O) groups excluding carboxylic acids is 1. The fourth-order valence-corrected chi connectivity index (χ4v) is 1.88. The molecule has 0 aliphatic carbocycles. The number of hydrogen-bond acceptors (Lipinski definition) is 5. The number of halogens is 3. The van der Waals surface area contributed by atoms with Gasteiger partial charge in [0.05, 0.1) is 16.8 Å². The number of benzene rings is 1. The zero-order valence-corrected chi connectivity index (χ0v) is 12.1. The zero-order valence-electron chi connectivity index (χ0n) is 12.1. The van der Waals surface area contributed by atoms with Gasteiger partial charge in [0.1, 0.15) is 18.2 Å². The molecule has 1 aromatic heterocycles. The molecule has 1 amide bonds. The average molecular weight is 352 g/mol. The Morgan fingerprint density at radius 3 is 2.60 bits per heavy atom. The van der Waals surface area contributed by atoms with Crippen LogP contribution in [0.2, 0.25) is 0 Å². The number of nitro groups is 1. The van der Waals surface area contributed by atoms with Gasteiger partial charge in [-0.25, -0.2) is 13.2 Å². The van der Waals surface area contributed by atoms with Gasteiger partial charge in [0.25, 0.3) is 11.2 Å². The lowest BCUT2D eigenvalue weighted by Crippen LogP contribution is -2.29. The number of pyridine rings is 1. The molecule has 2 rings (SSSR count). The number of amides is 1. The van der Waals surface area contributed by atoms with Gasteiger partial charge < -0.3 is 5.32 Å². The molecule has 1 heterocycles. The number of hydrogen-bond donors (Lipinski definition) is 1. The minimum Gasteiger partial charge on any atom is -0.322 e. The van der Waals surface area contributed by atoms with Crippen molar-refractivity contribution in [3.63, 3.8) is 0 Å². The third-order valence-electron chi connectivity index (χ3n) is 3.03. The summed E-state index contributed by atoms with van der Waals surface area (Å²) in [5, 5.41) is 21.5. The first-order valence-corrected chi connectivity index (χ1v) is 6.47. The first-order chi connectivity index (χ1) is 11.7. The van der Waals surface area contributed by atoms with E-state index in [0.29, 0.717) is 10.6 Å². The van der Waals surface area contributed by atoms with E-state index in [0.717, 1.165) is 18.3 Å². The van der Waals surface area contributed by atoms with Crippen LogP contribution in [0.4, 0.5) is 24.5 Å². The predicted octanol–water partition coefficient (Wildman–Crippen LogP) is 1.68. The van der Waals surface area contributed by atoms with Gasteiger partial charge in [0.2, 0.25) is 5.91 Å². The van der Waals surface area contributed by atoms with Crippen LogP contribution in [0.3, 0.4) is 0 Å². The van der Waals surface area contributed by atoms with Crippen LogP contribution in [0.15, 0.2) is 29.2 Å². The second-order valence-corrected chi connectivity index (χ2v) is 4.69. The van der Waals surface area contributed by atoms with Gasteiger partial charge in [0, 0.05) is 6.07 Å². The molecule has 0 unspecified atom stereocenters. The van der Waals surface area contributed by atoms with E-state index in [1.807, 2.05) is 5.32 Å². The number of aromatic nitrogens is 1. The van der Waals surface area contributed by atoms with Gasteiger partial charge in [-0.15, -0.1) is 0 Å². The Morgan fingerprint density at radius 2 is 2.00 bits per heavy atom. The van der Waals surface area contributed by atoms with E-state index in [1.54, 1.807) is 0 Å². The molecule has 0 aliphatic heterocycles. The standard InChI is InChI=1S/C14H7F3N4O4/c15-9-1-2-10(13(17)12(9)16)19-11(22)6-20-5-8(21(24)25)3-7(4-18)14(20)23/h1-3,5H,6H2,(H,19,22). The Kier molecular flexibility index (Phi) is 4.83. The van der Waals surface area contributed by atoms with Crippen LogP contribution >= 0.6 is 0 Å². The van der Waals surface area contributed by atoms with Crippen molar-refractivity contribution in [3.8, 4) is 6.07 Å². The molecule has 25 heavy (non-hydrogen) atoms. The molecule has 0 aliphatic rings. The van der Waals surface area contributed by atoms with Crippen molar-refractivity contribution >= 4 is 17.3 Å². The molecular formula is C14H7F3N4O4. The quantitative estimate of drug-likeness (QED) is 0.510. The van der Waals surface area contributed by atoms with Crippen LogP contribution in [-0.4, -0.2) is 15.4 Å². The predicted molar refractivity (Wildman–Crippen MR) is 77.0 cm³/mol. The Morgan fingerprint density at radius 1 is 1.32 bits per heavy atom. The third kappa shape index (κ3) is 3.63. The maximum atomic E-state index is 13.5. The van der Waals surface area contributed by atoms with E-state index in [4.69, 9.17) is 5.26 Å². The SMILES string of the molecule is N#Cc1cc([N+](=O)[O-])cn(CC(=O)Nc2ccc(F)c(F)c2F)c1=O. The van der Waals surface area contributed by atoms with Crippen LogP contribution in [0.25, 0.3) is 0 Å². The van der Waals surface area contributed by atoms with Crippen LogP contribution < -0.4 is 10.9 Å². The maximum absolute atomic E-state index is 13.5. The smallest absolute Gasteiger partial charge is 0.287 e. The molecule has 0 saturated heterocycles. The largest absolute Gasteiger partial charge is 0.322 e. The van der Waals surface area contributed by atoms with Gasteiger partial charge >= 0.3 is 0 Å². The highest BCUT2D eigenvalue weighted by atomic mass is 19.2. The molecule has 0 radical (unpaired) electrons. The van der Waals surface area contributed by atoms with Gasteiger partial charge in [-0.2, -0.15) is 5.26 Å². The minimum absolute atomic E-state index is 0.569. The number of rotatable bonds is 4. The molecule has 0 saturated carbocycles. The van der Waals surface area contributed by atoms with E-state index in [9.17, 15) is 32.9 Å². The highest BCUT2D eigenvalue weighted by Gasteiger charge is 2.18. The van der Waals surface area contributed by atoms with Crippen molar-refractivity contribution in [1.29, 1.82) is 5.26 Å². The summed E-state index contributed by atoms with van der Waals surface area (Å²) in [5.41, 5.74) is -2.83. The minimum atomic E-state index is -1.79. The molecule has 1 aromatic carbocycles. The fourth-order valence-electron chi connectivity index (χ4n) is 1.88. The van der Waals surface area contributed by atoms with Crippen molar-refractivity contribution in [2.45, 2.75) is 6.54 Å². The Bertz CT molecular complexity index is 981. The lowest BCUT2D eigenvalue weighted by molar-refractivity contribution is -0.385. The van der Waals surface area contributed by atoms with Gasteiger partial charge in [-0.3, -0.25) is 24.3 Å². The summed E-state index contributed by atoms with van der Waals surface area (Å²) in [7, 11) is 0. The Hall–Kier alpha value is -3.68. The summed E-state index contributed by atoms with van der Waals surface area (Å²) < 4.78 is 40.0. The third-order valence-corrected chi connectivity index (χ3v) is 3.03. The monoisotopic (exact) mass is 352 g/mol. The molecule has 0 atom stereocenters. The van der Waals surface area contributed by atoms with Crippen molar-refractivity contribution in [3.05, 3.63) is 67.9 Å². The molecule has 128 valence electrons. The summed E-state index contributed by atoms with van der Waals surface area (Å²) in [6.07, 6.45) is 0.727. The van der Waals surface area contributed by atoms with Gasteiger partial charge in [-0.1, -0.05) is 0 Å². The van der Waals surface area contributed by atoms with Crippen molar-refractivity contribution in [2.24, 2.45) is 0 Å². The van der Waals surface area contributed by atoms with Gasteiger partial charge in [-0.05, 0) is 12.1 Å². The lowest BCUT2D eigenvalue weighted by atomic mass is 10.2. The molecular weight excluding hydrogens is 345 g/mol. The molecule has 0 bridgehead atoms. The summed E-state index contributed by atoms with van der Waals surface area (Å²) in [6, 6.07) is 3.55. The normalized spacial score (nSPS) is 10.2. The molecule has 11 heteroatoms. The van der Waals surface area contributed by atoms with Crippen molar-refractivity contribution < 1.29 is 22.9 Å². The maximum Gasteiger partial charge on any atom is 0.287 e. The zero-order chi connectivity index (χ0) is 18.7. The second-order valence-electron chi connectivity index (χ2n) is 4.69. The molecule has 1 N–H and O–H groups in total. The summed E-state index contributed by atoms with van der Waals surface area (Å²) >= 11 is 0.